The summed E-state index contributed by atoms with van der Waals surface area (Å²) in [6.45, 7) is 2.14. The maximum atomic E-state index is 11.9. The van der Waals surface area contributed by atoms with Gasteiger partial charge in [0.2, 0.25) is 0 Å². The van der Waals surface area contributed by atoms with Crippen LogP contribution < -0.4 is 5.32 Å². The number of nitro benzene ring substituents is 1. The second-order valence-electron chi connectivity index (χ2n) is 5.05. The molecule has 1 amide bonds. The Labute approximate surface area is 110 Å². The number of nitrogens with one attached hydrogen (secondary N) is 1. The van der Waals surface area contributed by atoms with Gasteiger partial charge in [-0.05, 0) is 37.3 Å². The van der Waals surface area contributed by atoms with Crippen molar-refractivity contribution in [3.63, 3.8) is 0 Å². The zero-order valence-electron chi connectivity index (χ0n) is 10.6. The van der Waals surface area contributed by atoms with Crippen molar-refractivity contribution in [2.45, 2.75) is 32.2 Å². The molecule has 6 heteroatoms. The van der Waals surface area contributed by atoms with Crippen LogP contribution in [0.4, 0.5) is 5.69 Å². The van der Waals surface area contributed by atoms with Crippen LogP contribution in [0.25, 0.3) is 0 Å². The number of benzene rings is 1. The molecule has 6 nitrogen and oxygen atoms in total. The van der Waals surface area contributed by atoms with Crippen LogP contribution in [-0.2, 0) is 0 Å². The average molecular weight is 264 g/mol. The number of nitro groups is 1. The molecule has 2 N–H and O–H groups in total. The summed E-state index contributed by atoms with van der Waals surface area (Å²) in [5.41, 5.74) is -0.159. The molecule has 2 atom stereocenters. The van der Waals surface area contributed by atoms with E-state index in [2.05, 4.69) is 12.2 Å². The summed E-state index contributed by atoms with van der Waals surface area (Å²) in [6.07, 6.45) is 2.99. The van der Waals surface area contributed by atoms with Crippen molar-refractivity contribution in [3.05, 3.63) is 33.9 Å². The van der Waals surface area contributed by atoms with Gasteiger partial charge in [0.05, 0.1) is 4.92 Å². The minimum absolute atomic E-state index is 0.153. The van der Waals surface area contributed by atoms with Crippen molar-refractivity contribution in [1.82, 2.24) is 5.32 Å². The van der Waals surface area contributed by atoms with E-state index in [1.807, 2.05) is 0 Å². The summed E-state index contributed by atoms with van der Waals surface area (Å²) in [5.74, 6) is -0.183. The number of aromatic hydroxyl groups is 1. The molecule has 0 bridgehead atoms. The van der Waals surface area contributed by atoms with Crippen molar-refractivity contribution in [3.8, 4) is 5.75 Å². The molecule has 1 aliphatic rings. The molecule has 0 spiro atoms. The molecule has 0 aliphatic heterocycles. The molecule has 1 fully saturated rings. The lowest BCUT2D eigenvalue weighted by Crippen LogP contribution is -2.32. The normalized spacial score (nSPS) is 22.2. The summed E-state index contributed by atoms with van der Waals surface area (Å²) in [4.78, 5) is 21.8. The van der Waals surface area contributed by atoms with Crippen molar-refractivity contribution in [2.24, 2.45) is 5.92 Å². The van der Waals surface area contributed by atoms with E-state index in [9.17, 15) is 20.0 Å². The fourth-order valence-corrected chi connectivity index (χ4v) is 2.43. The van der Waals surface area contributed by atoms with Crippen molar-refractivity contribution in [2.75, 3.05) is 0 Å². The second kappa shape index (κ2) is 5.26. The monoisotopic (exact) mass is 264 g/mol. The third kappa shape index (κ3) is 3.01. The van der Waals surface area contributed by atoms with Gasteiger partial charge >= 0.3 is 5.69 Å². The van der Waals surface area contributed by atoms with Gasteiger partial charge < -0.3 is 10.4 Å². The topological polar surface area (TPSA) is 92.5 Å². The first kappa shape index (κ1) is 13.3. The lowest BCUT2D eigenvalue weighted by molar-refractivity contribution is -0.385. The minimum Gasteiger partial charge on any atom is -0.502 e. The van der Waals surface area contributed by atoms with Crippen molar-refractivity contribution in [1.29, 1.82) is 0 Å². The number of amides is 1. The third-order valence-corrected chi connectivity index (χ3v) is 3.46. The molecule has 0 heterocycles. The Kier molecular flexibility index (Phi) is 3.69. The highest BCUT2D eigenvalue weighted by atomic mass is 16.6. The summed E-state index contributed by atoms with van der Waals surface area (Å²) in [7, 11) is 0. The maximum absolute atomic E-state index is 11.9. The van der Waals surface area contributed by atoms with Crippen molar-refractivity contribution >= 4 is 11.6 Å². The Hall–Kier alpha value is -2.11. The van der Waals surface area contributed by atoms with E-state index in [4.69, 9.17) is 0 Å². The Morgan fingerprint density at radius 1 is 1.47 bits per heavy atom. The Balaban J connectivity index is 2.07. The molecule has 1 aliphatic carbocycles. The zero-order chi connectivity index (χ0) is 14.0. The Morgan fingerprint density at radius 3 is 2.74 bits per heavy atom. The Morgan fingerprint density at radius 2 is 2.21 bits per heavy atom. The summed E-state index contributed by atoms with van der Waals surface area (Å²) < 4.78 is 0. The standard InChI is InChI=1S/C13H16N2O4/c1-8-2-4-10(6-8)14-13(17)9-3-5-11(15(18)19)12(16)7-9/h3,5,7-8,10,16H,2,4,6H2,1H3,(H,14,17). The molecule has 2 unspecified atom stereocenters. The maximum Gasteiger partial charge on any atom is 0.310 e. The number of hydrogen-bond donors (Lipinski definition) is 2. The third-order valence-electron chi connectivity index (χ3n) is 3.46. The van der Waals surface area contributed by atoms with Crippen LogP contribution in [0.5, 0.6) is 5.75 Å². The molecular formula is C13H16N2O4. The van der Waals surface area contributed by atoms with Gasteiger partial charge in [-0.1, -0.05) is 6.92 Å². The van der Waals surface area contributed by atoms with E-state index in [-0.39, 0.29) is 17.5 Å². The molecule has 19 heavy (non-hydrogen) atoms. The predicted octanol–water partition coefficient (Wildman–Crippen LogP) is 2.22. The van der Waals surface area contributed by atoms with E-state index < -0.39 is 16.4 Å². The fraction of sp³-hybridized carbons (Fsp3) is 0.462. The quantitative estimate of drug-likeness (QED) is 0.646. The Bertz CT molecular complexity index is 515. The van der Waals surface area contributed by atoms with Gasteiger partial charge in [0.1, 0.15) is 0 Å². The number of carbonyl (C=O) groups excluding carboxylic acids is 1. The number of rotatable bonds is 3. The van der Waals surface area contributed by atoms with Gasteiger partial charge in [-0.15, -0.1) is 0 Å². The van der Waals surface area contributed by atoms with Gasteiger partial charge in [-0.25, -0.2) is 0 Å². The van der Waals surface area contributed by atoms with Crippen LogP contribution in [0.15, 0.2) is 18.2 Å². The number of carbonyl (C=O) groups is 1. The minimum atomic E-state index is -0.685. The van der Waals surface area contributed by atoms with Crippen LogP contribution in [-0.4, -0.2) is 22.0 Å². The zero-order valence-corrected chi connectivity index (χ0v) is 10.6. The van der Waals surface area contributed by atoms with Crippen LogP contribution in [0.1, 0.15) is 36.5 Å². The molecule has 0 aromatic heterocycles. The van der Waals surface area contributed by atoms with Crippen molar-refractivity contribution < 1.29 is 14.8 Å². The highest BCUT2D eigenvalue weighted by molar-refractivity contribution is 5.95. The molecule has 1 saturated carbocycles. The summed E-state index contributed by atoms with van der Waals surface area (Å²) in [6, 6.07) is 3.78. The number of phenols is 1. The van der Waals surface area contributed by atoms with Gasteiger partial charge in [-0.3, -0.25) is 14.9 Å². The van der Waals surface area contributed by atoms with Crippen LogP contribution in [0.3, 0.4) is 0 Å². The van der Waals surface area contributed by atoms with E-state index in [0.717, 1.165) is 31.4 Å². The van der Waals surface area contributed by atoms with Crippen LogP contribution in [0, 0.1) is 16.0 Å². The fourth-order valence-electron chi connectivity index (χ4n) is 2.43. The molecule has 102 valence electrons. The van der Waals surface area contributed by atoms with E-state index >= 15 is 0 Å². The van der Waals surface area contributed by atoms with E-state index in [0.29, 0.717) is 5.92 Å². The predicted molar refractivity (Wildman–Crippen MR) is 69.0 cm³/mol. The molecule has 0 saturated heterocycles. The summed E-state index contributed by atoms with van der Waals surface area (Å²) in [5, 5.41) is 22.9. The second-order valence-corrected chi connectivity index (χ2v) is 5.05. The SMILES string of the molecule is CC1CCC(NC(=O)c2ccc([N+](=O)[O-])c(O)c2)C1. The molecule has 1 aromatic carbocycles. The summed E-state index contributed by atoms with van der Waals surface area (Å²) >= 11 is 0. The van der Waals surface area contributed by atoms with E-state index in [1.54, 1.807) is 0 Å². The van der Waals surface area contributed by atoms with Crippen LogP contribution in [0.2, 0.25) is 0 Å². The number of phenolic OH excluding ortho intramolecular Hbond substituents is 1. The first-order valence-corrected chi connectivity index (χ1v) is 6.25. The smallest absolute Gasteiger partial charge is 0.310 e. The molecular weight excluding hydrogens is 248 g/mol. The molecule has 1 aromatic rings. The van der Waals surface area contributed by atoms with Gasteiger partial charge in [0, 0.05) is 17.7 Å². The largest absolute Gasteiger partial charge is 0.502 e. The van der Waals surface area contributed by atoms with E-state index in [1.165, 1.54) is 6.07 Å². The number of nitrogens with zero attached hydrogens (tertiary/aromatic N) is 1. The van der Waals surface area contributed by atoms with Gasteiger partial charge in [-0.2, -0.15) is 0 Å². The number of hydrogen-bond acceptors (Lipinski definition) is 4. The highest BCUT2D eigenvalue weighted by Crippen LogP contribution is 2.27. The average Bonchev–Trinajstić information content (AvgIpc) is 2.74. The molecule has 0 radical (unpaired) electrons. The first-order chi connectivity index (χ1) is 8.97. The molecule has 2 rings (SSSR count). The lowest BCUT2D eigenvalue weighted by Gasteiger charge is -2.12. The lowest BCUT2D eigenvalue weighted by atomic mass is 10.1. The highest BCUT2D eigenvalue weighted by Gasteiger charge is 2.24. The first-order valence-electron chi connectivity index (χ1n) is 6.25. The van der Waals surface area contributed by atoms with Gasteiger partial charge in [0.25, 0.3) is 5.91 Å². The van der Waals surface area contributed by atoms with Crippen LogP contribution >= 0.6 is 0 Å². The van der Waals surface area contributed by atoms with Gasteiger partial charge in [0.15, 0.2) is 5.75 Å².